The fourth-order valence-electron chi connectivity index (χ4n) is 1.52. The second-order valence-corrected chi connectivity index (χ2v) is 3.77. The maximum atomic E-state index is 9.57. The molecule has 1 heteroatoms. The molecule has 0 bridgehead atoms. The predicted molar refractivity (Wildman–Crippen MR) is 51.9 cm³/mol. The van der Waals surface area contributed by atoms with E-state index in [0.29, 0.717) is 5.92 Å². The molecule has 1 rings (SSSR count). The van der Waals surface area contributed by atoms with Crippen molar-refractivity contribution in [1.29, 1.82) is 0 Å². The average molecular weight is 166 g/mol. The van der Waals surface area contributed by atoms with Crippen LogP contribution in [0.4, 0.5) is 0 Å². The van der Waals surface area contributed by atoms with E-state index >= 15 is 0 Å². The van der Waals surface area contributed by atoms with Gasteiger partial charge in [0.25, 0.3) is 0 Å². The molecule has 2 unspecified atom stereocenters. The molecule has 0 aromatic carbocycles. The van der Waals surface area contributed by atoms with Crippen molar-refractivity contribution >= 4 is 0 Å². The van der Waals surface area contributed by atoms with Gasteiger partial charge in [-0.25, -0.2) is 0 Å². The van der Waals surface area contributed by atoms with E-state index in [2.05, 4.69) is 26.0 Å². The highest BCUT2D eigenvalue weighted by atomic mass is 16.3. The highest BCUT2D eigenvalue weighted by Crippen LogP contribution is 2.22. The molecule has 2 atom stereocenters. The third-order valence-electron chi connectivity index (χ3n) is 2.35. The van der Waals surface area contributed by atoms with Crippen LogP contribution in [0.2, 0.25) is 0 Å². The molecular formula is C11H18O. The quantitative estimate of drug-likeness (QED) is 0.625. The van der Waals surface area contributed by atoms with E-state index in [9.17, 15) is 5.11 Å². The minimum absolute atomic E-state index is 0.214. The Kier molecular flexibility index (Phi) is 3.54. The van der Waals surface area contributed by atoms with Crippen molar-refractivity contribution in [3.05, 3.63) is 23.8 Å². The van der Waals surface area contributed by atoms with Crippen molar-refractivity contribution in [2.45, 2.75) is 39.2 Å². The Bertz CT molecular complexity index is 187. The molecule has 1 N–H and O–H groups in total. The molecule has 0 saturated heterocycles. The Balaban J connectivity index is 2.42. The second-order valence-electron chi connectivity index (χ2n) is 3.77. The number of hydrogen-bond acceptors (Lipinski definition) is 1. The van der Waals surface area contributed by atoms with Gasteiger partial charge >= 0.3 is 0 Å². The van der Waals surface area contributed by atoms with E-state index in [0.717, 1.165) is 19.3 Å². The maximum Gasteiger partial charge on any atom is 0.0752 e. The first-order valence-electron chi connectivity index (χ1n) is 4.68. The summed E-state index contributed by atoms with van der Waals surface area (Å²) in [5.41, 5.74) is 1.34. The zero-order valence-electron chi connectivity index (χ0n) is 7.96. The topological polar surface area (TPSA) is 20.2 Å². The second kappa shape index (κ2) is 4.46. The normalized spacial score (nSPS) is 28.6. The zero-order valence-corrected chi connectivity index (χ0v) is 7.96. The number of aliphatic hydroxyl groups is 1. The van der Waals surface area contributed by atoms with Crippen LogP contribution in [0.3, 0.4) is 0 Å². The zero-order chi connectivity index (χ0) is 8.97. The fourth-order valence-corrected chi connectivity index (χ4v) is 1.52. The SMILES string of the molecule is CC(C)=CCC1CCC=CC1O. The number of rotatable bonds is 2. The van der Waals surface area contributed by atoms with Crippen molar-refractivity contribution < 1.29 is 5.11 Å². The largest absolute Gasteiger partial charge is 0.389 e. The van der Waals surface area contributed by atoms with Crippen LogP contribution in [0, 0.1) is 5.92 Å². The van der Waals surface area contributed by atoms with Gasteiger partial charge in [-0.2, -0.15) is 0 Å². The van der Waals surface area contributed by atoms with Crippen molar-refractivity contribution in [2.75, 3.05) is 0 Å². The van der Waals surface area contributed by atoms with E-state index in [1.54, 1.807) is 0 Å². The minimum Gasteiger partial charge on any atom is -0.389 e. The minimum atomic E-state index is -0.214. The standard InChI is InChI=1S/C11H18O/c1-9(2)7-8-10-5-3-4-6-11(10)12/h4,6-7,10-12H,3,5,8H2,1-2H3. The first-order chi connectivity index (χ1) is 5.70. The fraction of sp³-hybridized carbons (Fsp3) is 0.636. The molecule has 0 fully saturated rings. The molecule has 68 valence electrons. The summed E-state index contributed by atoms with van der Waals surface area (Å²) in [4.78, 5) is 0. The molecule has 12 heavy (non-hydrogen) atoms. The van der Waals surface area contributed by atoms with Crippen molar-refractivity contribution in [1.82, 2.24) is 0 Å². The molecule has 1 aliphatic carbocycles. The molecule has 0 amide bonds. The van der Waals surface area contributed by atoms with Crippen molar-refractivity contribution in [2.24, 2.45) is 5.92 Å². The lowest BCUT2D eigenvalue weighted by Crippen LogP contribution is -2.20. The Hall–Kier alpha value is -0.560. The summed E-state index contributed by atoms with van der Waals surface area (Å²) in [6.45, 7) is 4.20. The van der Waals surface area contributed by atoms with Gasteiger partial charge in [-0.3, -0.25) is 0 Å². The summed E-state index contributed by atoms with van der Waals surface area (Å²) < 4.78 is 0. The van der Waals surface area contributed by atoms with Gasteiger partial charge in [0.15, 0.2) is 0 Å². The molecular weight excluding hydrogens is 148 g/mol. The lowest BCUT2D eigenvalue weighted by molar-refractivity contribution is 0.141. The molecule has 1 nitrogen and oxygen atoms in total. The smallest absolute Gasteiger partial charge is 0.0752 e. The van der Waals surface area contributed by atoms with E-state index in [1.165, 1.54) is 5.57 Å². The lowest BCUT2D eigenvalue weighted by atomic mass is 9.88. The van der Waals surface area contributed by atoms with Gasteiger partial charge in [-0.15, -0.1) is 0 Å². The van der Waals surface area contributed by atoms with Gasteiger partial charge in [0.1, 0.15) is 0 Å². The van der Waals surface area contributed by atoms with Gasteiger partial charge in [0.2, 0.25) is 0 Å². The van der Waals surface area contributed by atoms with E-state index in [4.69, 9.17) is 0 Å². The van der Waals surface area contributed by atoms with Crippen LogP contribution in [-0.2, 0) is 0 Å². The summed E-state index contributed by atoms with van der Waals surface area (Å²) in [5, 5.41) is 9.57. The summed E-state index contributed by atoms with van der Waals surface area (Å²) >= 11 is 0. The Labute approximate surface area is 74.8 Å². The summed E-state index contributed by atoms with van der Waals surface area (Å²) in [6, 6.07) is 0. The molecule has 0 spiro atoms. The van der Waals surface area contributed by atoms with E-state index in [1.807, 2.05) is 6.08 Å². The molecule has 1 aliphatic rings. The number of allylic oxidation sites excluding steroid dienone is 3. The van der Waals surface area contributed by atoms with Crippen molar-refractivity contribution in [3.8, 4) is 0 Å². The number of aliphatic hydroxyl groups excluding tert-OH is 1. The van der Waals surface area contributed by atoms with Gasteiger partial charge in [0.05, 0.1) is 6.10 Å². The Morgan fingerprint density at radius 2 is 2.33 bits per heavy atom. The Morgan fingerprint density at radius 3 is 2.92 bits per heavy atom. The molecule has 0 heterocycles. The summed E-state index contributed by atoms with van der Waals surface area (Å²) in [7, 11) is 0. The van der Waals surface area contributed by atoms with Crippen LogP contribution in [-0.4, -0.2) is 11.2 Å². The molecule has 0 aromatic heterocycles. The van der Waals surface area contributed by atoms with Crippen LogP contribution in [0.15, 0.2) is 23.8 Å². The Morgan fingerprint density at radius 1 is 1.58 bits per heavy atom. The third-order valence-corrected chi connectivity index (χ3v) is 2.35. The molecule has 0 saturated carbocycles. The third kappa shape index (κ3) is 2.82. The summed E-state index contributed by atoms with van der Waals surface area (Å²) in [6.07, 6.45) is 9.27. The molecule has 0 aliphatic heterocycles. The van der Waals surface area contributed by atoms with Gasteiger partial charge in [-0.05, 0) is 39.0 Å². The highest BCUT2D eigenvalue weighted by Gasteiger charge is 2.17. The van der Waals surface area contributed by atoms with Crippen molar-refractivity contribution in [3.63, 3.8) is 0 Å². The van der Waals surface area contributed by atoms with Gasteiger partial charge < -0.3 is 5.11 Å². The van der Waals surface area contributed by atoms with Crippen LogP contribution in [0.25, 0.3) is 0 Å². The maximum absolute atomic E-state index is 9.57. The van der Waals surface area contributed by atoms with Crippen LogP contribution in [0.1, 0.15) is 33.1 Å². The lowest BCUT2D eigenvalue weighted by Gasteiger charge is -2.22. The highest BCUT2D eigenvalue weighted by molar-refractivity contribution is 5.02. The van der Waals surface area contributed by atoms with E-state index < -0.39 is 0 Å². The average Bonchev–Trinajstić information content (AvgIpc) is 2.03. The van der Waals surface area contributed by atoms with Gasteiger partial charge in [0, 0.05) is 0 Å². The van der Waals surface area contributed by atoms with Crippen LogP contribution >= 0.6 is 0 Å². The van der Waals surface area contributed by atoms with Crippen LogP contribution < -0.4 is 0 Å². The van der Waals surface area contributed by atoms with E-state index in [-0.39, 0.29) is 6.10 Å². The monoisotopic (exact) mass is 166 g/mol. The predicted octanol–water partition coefficient (Wildman–Crippen LogP) is 2.67. The van der Waals surface area contributed by atoms with Crippen LogP contribution in [0.5, 0.6) is 0 Å². The summed E-state index contributed by atoms with van der Waals surface area (Å²) in [5.74, 6) is 0.449. The first-order valence-corrected chi connectivity index (χ1v) is 4.68. The molecule has 0 aromatic rings. The number of hydrogen-bond donors (Lipinski definition) is 1. The van der Waals surface area contributed by atoms with Gasteiger partial charge in [-0.1, -0.05) is 23.8 Å². The first kappa shape index (κ1) is 9.53. The molecule has 0 radical (unpaired) electrons.